The highest BCUT2D eigenvalue weighted by molar-refractivity contribution is 7.20. The summed E-state index contributed by atoms with van der Waals surface area (Å²) in [5.74, 6) is 0.824. The number of rotatable bonds is 14. The molecule has 0 bridgehead atoms. The number of para-hydroxylation sites is 1. The van der Waals surface area contributed by atoms with Crippen molar-refractivity contribution >= 4 is 61.7 Å². The highest BCUT2D eigenvalue weighted by atomic mass is 28.3. The third kappa shape index (κ3) is 10.8. The van der Waals surface area contributed by atoms with E-state index in [1.165, 1.54) is 41.0 Å². The lowest BCUT2D eigenvalue weighted by molar-refractivity contribution is -0.571. The standard InChI is InChI=1S/C89H68N4OSi/c1-62-51-81(67-33-25-42-78(56-67)95(75-36-17-8-18-37-75,76-38-19-9-20-39-76)77-40-21-10-22-41-77)88(82(52-62)70-54-68(64-29-13-6-14-30-64)53-69(55-70)65-31-15-7-16-32-65)92-61-91(86-57-66(45-48-84(86)92)63-27-11-5-12-28-63)72-34-26-35-73(59-72)94-74-46-47-80-79-43-23-24-44-83(79)93(85(80)60-74)87-58-71(49-50-90-87)89(2,3)4/h5-60H,1-4H3/i1D3,5D,6D,7D,8D,9D,10D,11D,12D,13D,14D,15D,16D,17D,18D,19D,20D,21D,22D,25D,27D,28D,29D,30D,31D,32D,33D,36D,37D,38D,39D,40D,41D,42D,53D,54D,55D,56D. The first-order chi connectivity index (χ1) is 63.2. The van der Waals surface area contributed by atoms with Crippen molar-refractivity contribution in [2.75, 3.05) is 0 Å². The van der Waals surface area contributed by atoms with Gasteiger partial charge in [0, 0.05) is 27.1 Å². The van der Waals surface area contributed by atoms with Gasteiger partial charge < -0.3 is 4.74 Å². The lowest BCUT2D eigenvalue weighted by Crippen LogP contribution is -2.74. The maximum atomic E-state index is 11.3. The Morgan fingerprint density at radius 1 is 0.442 bits per heavy atom. The molecule has 0 aliphatic heterocycles. The van der Waals surface area contributed by atoms with E-state index in [0.717, 1.165) is 38.6 Å². The molecule has 0 saturated carbocycles. The molecule has 16 aromatic rings. The molecule has 0 N–H and O–H groups in total. The van der Waals surface area contributed by atoms with Crippen LogP contribution < -0.4 is 30.1 Å². The molecule has 13 aromatic carbocycles. The van der Waals surface area contributed by atoms with Gasteiger partial charge in [0.15, 0.2) is 8.07 Å². The average molecular weight is 1280 g/mol. The van der Waals surface area contributed by atoms with Crippen molar-refractivity contribution < 1.29 is 64.1 Å². The van der Waals surface area contributed by atoms with E-state index in [9.17, 15) is 38.4 Å². The molecule has 16 rings (SSSR count). The van der Waals surface area contributed by atoms with E-state index in [1.54, 1.807) is 24.4 Å². The van der Waals surface area contributed by atoms with E-state index >= 15 is 0 Å². The molecule has 0 radical (unpaired) electrons. The molecule has 6 heteroatoms. The molecular weight excluding hydrogens is 1170 g/mol. The lowest BCUT2D eigenvalue weighted by atomic mass is 9.88. The molecule has 454 valence electrons. The second-order valence-corrected chi connectivity index (χ2v) is 26.2. The van der Waals surface area contributed by atoms with E-state index in [1.807, 2.05) is 47.0 Å². The minimum atomic E-state index is -6.87. The number of aromatic nitrogens is 4. The zero-order chi connectivity index (χ0) is 98.7. The largest absolute Gasteiger partial charge is 0.458 e. The summed E-state index contributed by atoms with van der Waals surface area (Å²) in [6, 6.07) is -17.0. The molecule has 5 nitrogen and oxygen atoms in total. The van der Waals surface area contributed by atoms with E-state index < -0.39 is 321 Å². The molecule has 3 heterocycles. The van der Waals surface area contributed by atoms with Crippen molar-refractivity contribution in [2.24, 2.45) is 0 Å². The first-order valence-electron chi connectivity index (χ1n) is 49.4. The second kappa shape index (κ2) is 24.4. The van der Waals surface area contributed by atoms with Crippen LogP contribution in [0.5, 0.6) is 11.5 Å². The van der Waals surface area contributed by atoms with Crippen molar-refractivity contribution in [3.8, 4) is 84.3 Å². The zero-order valence-electron chi connectivity index (χ0n) is 90.2. The Labute approximate surface area is 612 Å². The molecule has 0 aliphatic carbocycles. The van der Waals surface area contributed by atoms with Crippen molar-refractivity contribution in [1.29, 1.82) is 0 Å². The molecule has 3 aromatic heterocycles. The number of hydrogen-bond donors (Lipinski definition) is 0. The van der Waals surface area contributed by atoms with Crippen LogP contribution in [0.2, 0.25) is 0 Å². The Morgan fingerprint density at radius 3 is 1.61 bits per heavy atom. The number of ether oxygens (including phenoxy) is 1. The maximum Gasteiger partial charge on any atom is 0.269 e. The predicted octanol–water partition coefficient (Wildman–Crippen LogP) is 19.3. The van der Waals surface area contributed by atoms with Gasteiger partial charge in [0.05, 0.1) is 84.2 Å². The summed E-state index contributed by atoms with van der Waals surface area (Å²) in [5.41, 5.74) is -9.60. The van der Waals surface area contributed by atoms with Gasteiger partial charge >= 0.3 is 0 Å². The molecular formula is C89H68N4OSi. The number of nitrogens with zero attached hydrogens (tertiary/aromatic N) is 4. The molecule has 0 aliphatic rings. The Kier molecular flexibility index (Phi) is 7.58. The van der Waals surface area contributed by atoms with Gasteiger partial charge in [0.1, 0.15) is 17.3 Å². The number of pyridine rings is 1. The maximum absolute atomic E-state index is 11.3. The third-order valence-electron chi connectivity index (χ3n) is 16.0. The Hall–Kier alpha value is -11.7. The lowest BCUT2D eigenvalue weighted by Gasteiger charge is -2.34. The first-order valence-corrected chi connectivity index (χ1v) is 31.4. The summed E-state index contributed by atoms with van der Waals surface area (Å²) in [4.78, 5) is 4.82. The fourth-order valence-corrected chi connectivity index (χ4v) is 15.3. The number of imidazole rings is 1. The van der Waals surface area contributed by atoms with Crippen LogP contribution in [0.3, 0.4) is 0 Å². The number of fused-ring (bicyclic) bond motifs is 4. The van der Waals surface area contributed by atoms with Crippen LogP contribution >= 0.6 is 0 Å². The van der Waals surface area contributed by atoms with E-state index in [4.69, 9.17) is 26.2 Å². The third-order valence-corrected chi connectivity index (χ3v) is 20.0. The minimum absolute atomic E-state index is 0.0220. The summed E-state index contributed by atoms with van der Waals surface area (Å²) in [6.45, 7) is 2.50. The van der Waals surface area contributed by atoms with E-state index in [2.05, 4.69) is 27.1 Å². The molecule has 0 spiro atoms. The van der Waals surface area contributed by atoms with Crippen LogP contribution in [0.4, 0.5) is 0 Å². The van der Waals surface area contributed by atoms with Gasteiger partial charge in [-0.2, -0.15) is 0 Å². The highest BCUT2D eigenvalue weighted by Crippen LogP contribution is 2.42. The van der Waals surface area contributed by atoms with Gasteiger partial charge in [-0.15, -0.1) is 0 Å². The normalized spacial score (nSPS) is 17.8. The summed E-state index contributed by atoms with van der Waals surface area (Å²) in [5, 5.41) is -3.68. The molecule has 0 atom stereocenters. The summed E-state index contributed by atoms with van der Waals surface area (Å²) in [6.07, 6.45) is 4.90. The average Bonchev–Trinajstić information content (AvgIpc) is 1.17. The topological polar surface area (TPSA) is 35.9 Å². The second-order valence-electron chi connectivity index (χ2n) is 22.7. The van der Waals surface area contributed by atoms with Crippen LogP contribution in [0.25, 0.3) is 106 Å². The Bertz CT molecular complexity index is 7540. The molecule has 0 unspecified atom stereocenters. The van der Waals surface area contributed by atoms with E-state index in [0.29, 0.717) is 11.3 Å². The van der Waals surface area contributed by atoms with Gasteiger partial charge in [-0.3, -0.25) is 13.7 Å². The zero-order valence-corrected chi connectivity index (χ0v) is 51.2. The molecule has 0 saturated heterocycles. The van der Waals surface area contributed by atoms with Gasteiger partial charge in [-0.1, -0.05) is 280 Å². The van der Waals surface area contributed by atoms with Crippen molar-refractivity contribution in [3.05, 3.63) is 356 Å². The summed E-state index contributed by atoms with van der Waals surface area (Å²) < 4.78 is 393. The van der Waals surface area contributed by atoms with Gasteiger partial charge in [0.25, 0.3) is 6.33 Å². The van der Waals surface area contributed by atoms with Gasteiger partial charge in [-0.25, -0.2) is 4.98 Å². The Balaban J connectivity index is 1.14. The van der Waals surface area contributed by atoms with Crippen molar-refractivity contribution in [2.45, 2.75) is 33.0 Å². The fourth-order valence-electron chi connectivity index (χ4n) is 11.7. The SMILES string of the molecule is [2H]c1c([2H])c([2H])c(-c2ccc3c(c2)n(-c2cccc(Oc4ccc5c6ccccc6n(-c6cc(C(C)(C)C)ccn6)c5c4)c2)[c-][n+]3-c2c(-c3c([2H])c(-c4c([2H])c([2H])c([2H])c([2H])c4[2H])c([2H])c(-c4c([2H])c([2H])c([2H])c([2H])c4[2H])c3[2H])cc(C([2H])([2H])[2H])cc2-c2c([2H])c([2H])c([2H])c([Si](c3c([2H])c([2H])c([2H])c([2H])c3[2H])(c3c([2H])c([2H])c([2H])c([2H])c3[2H])c3c([2H])c([2H])c([2H])c([2H])c3[2H])c2[2H])c([2H])c1[2H]. The van der Waals surface area contributed by atoms with Crippen molar-refractivity contribution in [1.82, 2.24) is 14.1 Å². The Morgan fingerprint density at radius 2 is 0.989 bits per heavy atom. The molecule has 0 amide bonds. The number of benzene rings is 13. The number of aryl methyl sites for hydroxylation is 1. The summed E-state index contributed by atoms with van der Waals surface area (Å²) >= 11 is 0. The van der Waals surface area contributed by atoms with Crippen LogP contribution in [-0.2, 0) is 5.41 Å². The number of hydrogen-bond acceptors (Lipinski definition) is 2. The summed E-state index contributed by atoms with van der Waals surface area (Å²) in [7, 11) is -6.87. The highest BCUT2D eigenvalue weighted by Gasteiger charge is 2.41. The van der Waals surface area contributed by atoms with Crippen LogP contribution in [-0.4, -0.2) is 22.2 Å². The minimum Gasteiger partial charge on any atom is -0.458 e. The van der Waals surface area contributed by atoms with Gasteiger partial charge in [0.2, 0.25) is 0 Å². The van der Waals surface area contributed by atoms with Crippen LogP contribution in [0.1, 0.15) is 86.7 Å². The smallest absolute Gasteiger partial charge is 0.269 e. The fraction of sp³-hybridized carbons (Fsp3) is 0.0562. The quantitative estimate of drug-likeness (QED) is 0.0471. The van der Waals surface area contributed by atoms with Crippen molar-refractivity contribution in [3.63, 3.8) is 0 Å². The van der Waals surface area contributed by atoms with Crippen LogP contribution in [0, 0.1) is 13.2 Å². The predicted molar refractivity (Wildman–Crippen MR) is 397 cm³/mol. The van der Waals surface area contributed by atoms with Gasteiger partial charge in [-0.05, 0) is 167 Å². The molecule has 0 fully saturated rings. The molecule has 95 heavy (non-hydrogen) atoms. The van der Waals surface area contributed by atoms with E-state index in [-0.39, 0.29) is 39.2 Å². The first kappa shape index (κ1) is 29.5. The monoisotopic (exact) mass is 1280 g/mol. The van der Waals surface area contributed by atoms with Crippen LogP contribution in [0.15, 0.2) is 339 Å².